The average Bonchev–Trinajstić information content (AvgIpc) is 2.46. The average molecular weight is 263 g/mol. The van der Waals surface area contributed by atoms with Crippen molar-refractivity contribution in [3.05, 3.63) is 59.9 Å². The first kappa shape index (κ1) is 12.8. The lowest BCUT2D eigenvalue weighted by atomic mass is 10.1. The Balaban J connectivity index is 2.08. The van der Waals surface area contributed by atoms with E-state index in [9.17, 15) is 0 Å². The number of nitrogens with two attached hydrogens (primary N) is 1. The summed E-state index contributed by atoms with van der Waals surface area (Å²) in [6.07, 6.45) is 1.83. The van der Waals surface area contributed by atoms with E-state index in [2.05, 4.69) is 40.3 Å². The van der Waals surface area contributed by atoms with E-state index >= 15 is 0 Å². The summed E-state index contributed by atoms with van der Waals surface area (Å²) in [6, 6.07) is 14.5. The first-order chi connectivity index (χ1) is 9.65. The molecule has 3 nitrogen and oxygen atoms in total. The lowest BCUT2D eigenvalue weighted by Crippen LogP contribution is -2.09. The third-order valence-corrected chi connectivity index (χ3v) is 3.52. The number of fused-ring (bicyclic) bond motifs is 1. The third kappa shape index (κ3) is 2.28. The van der Waals surface area contributed by atoms with Gasteiger partial charge < -0.3 is 5.73 Å². The number of rotatable bonds is 2. The second kappa shape index (κ2) is 5.02. The van der Waals surface area contributed by atoms with Crippen molar-refractivity contribution < 1.29 is 0 Å². The fraction of sp³-hybridized carbons (Fsp3) is 0.176. The molecule has 0 aliphatic carbocycles. The number of benzene rings is 2. The molecule has 0 fully saturated rings. The third-order valence-electron chi connectivity index (χ3n) is 3.52. The van der Waals surface area contributed by atoms with Gasteiger partial charge in [0.15, 0.2) is 5.82 Å². The summed E-state index contributed by atoms with van der Waals surface area (Å²) < 4.78 is 0. The molecule has 0 aliphatic heterocycles. The van der Waals surface area contributed by atoms with Crippen molar-refractivity contribution >= 4 is 10.8 Å². The van der Waals surface area contributed by atoms with Crippen molar-refractivity contribution in [3.63, 3.8) is 0 Å². The van der Waals surface area contributed by atoms with Gasteiger partial charge in [0.05, 0.1) is 0 Å². The van der Waals surface area contributed by atoms with Crippen molar-refractivity contribution in [2.75, 3.05) is 0 Å². The maximum Gasteiger partial charge on any atom is 0.159 e. The Hall–Kier alpha value is -2.26. The van der Waals surface area contributed by atoms with Crippen molar-refractivity contribution in [2.45, 2.75) is 19.9 Å². The van der Waals surface area contributed by atoms with Crippen LogP contribution in [0.25, 0.3) is 22.2 Å². The van der Waals surface area contributed by atoms with Crippen molar-refractivity contribution in [2.24, 2.45) is 5.73 Å². The molecule has 0 radical (unpaired) electrons. The van der Waals surface area contributed by atoms with E-state index in [0.29, 0.717) is 0 Å². The predicted molar refractivity (Wildman–Crippen MR) is 82.3 cm³/mol. The van der Waals surface area contributed by atoms with Crippen LogP contribution < -0.4 is 5.73 Å². The zero-order valence-corrected chi connectivity index (χ0v) is 11.7. The number of nitrogens with zero attached hydrogens (tertiary/aromatic N) is 2. The molecule has 0 bridgehead atoms. The van der Waals surface area contributed by atoms with Gasteiger partial charge in [0, 0.05) is 29.1 Å². The fourth-order valence-corrected chi connectivity index (χ4v) is 2.39. The number of hydrogen-bond donors (Lipinski definition) is 1. The Morgan fingerprint density at radius 1 is 1.05 bits per heavy atom. The summed E-state index contributed by atoms with van der Waals surface area (Å²) in [4.78, 5) is 9.03. The first-order valence-electron chi connectivity index (χ1n) is 6.73. The van der Waals surface area contributed by atoms with E-state index in [-0.39, 0.29) is 6.04 Å². The second-order valence-electron chi connectivity index (χ2n) is 5.08. The maximum atomic E-state index is 5.90. The van der Waals surface area contributed by atoms with E-state index in [1.165, 1.54) is 10.8 Å². The molecule has 20 heavy (non-hydrogen) atoms. The van der Waals surface area contributed by atoms with Gasteiger partial charge in [-0.1, -0.05) is 36.4 Å². The zero-order valence-electron chi connectivity index (χ0n) is 11.7. The molecule has 1 aromatic heterocycles. The normalized spacial score (nSPS) is 12.6. The predicted octanol–water partition coefficient (Wildman–Crippen LogP) is 3.62. The quantitative estimate of drug-likeness (QED) is 0.768. The fourth-order valence-electron chi connectivity index (χ4n) is 2.39. The topological polar surface area (TPSA) is 51.8 Å². The molecule has 100 valence electrons. The Labute approximate surface area is 118 Å². The molecule has 1 heterocycles. The molecule has 0 amide bonds. The molecule has 1 unspecified atom stereocenters. The van der Waals surface area contributed by atoms with Gasteiger partial charge in [0.25, 0.3) is 0 Å². The van der Waals surface area contributed by atoms with Gasteiger partial charge >= 0.3 is 0 Å². The van der Waals surface area contributed by atoms with Gasteiger partial charge in [-0.05, 0) is 30.7 Å². The van der Waals surface area contributed by atoms with Crippen LogP contribution >= 0.6 is 0 Å². The summed E-state index contributed by atoms with van der Waals surface area (Å²) in [6.45, 7) is 3.92. The van der Waals surface area contributed by atoms with Crippen LogP contribution in [-0.4, -0.2) is 9.97 Å². The molecule has 0 aliphatic rings. The van der Waals surface area contributed by atoms with Crippen LogP contribution in [0.2, 0.25) is 0 Å². The van der Waals surface area contributed by atoms with Crippen LogP contribution in [0.5, 0.6) is 0 Å². The van der Waals surface area contributed by atoms with Crippen molar-refractivity contribution in [1.82, 2.24) is 9.97 Å². The van der Waals surface area contributed by atoms with Crippen LogP contribution in [0.4, 0.5) is 0 Å². The lowest BCUT2D eigenvalue weighted by Gasteiger charge is -2.10. The van der Waals surface area contributed by atoms with Crippen molar-refractivity contribution in [1.29, 1.82) is 0 Å². The van der Waals surface area contributed by atoms with Crippen LogP contribution in [-0.2, 0) is 0 Å². The Morgan fingerprint density at radius 3 is 2.50 bits per heavy atom. The minimum Gasteiger partial charge on any atom is -0.324 e. The number of aryl methyl sites for hydroxylation is 1. The van der Waals surface area contributed by atoms with Gasteiger partial charge in [-0.25, -0.2) is 9.97 Å². The molecule has 2 aromatic carbocycles. The van der Waals surface area contributed by atoms with Gasteiger partial charge in [0.2, 0.25) is 0 Å². The summed E-state index contributed by atoms with van der Waals surface area (Å²) in [5.41, 5.74) is 8.87. The van der Waals surface area contributed by atoms with E-state index < -0.39 is 0 Å². The van der Waals surface area contributed by atoms with Crippen LogP contribution in [0.1, 0.15) is 24.2 Å². The highest BCUT2D eigenvalue weighted by Gasteiger charge is 2.08. The molecule has 0 saturated carbocycles. The molecule has 0 saturated heterocycles. The maximum absolute atomic E-state index is 5.90. The van der Waals surface area contributed by atoms with Gasteiger partial charge in [-0.2, -0.15) is 0 Å². The standard InChI is InChI=1S/C17H17N3/c1-11(18)16-10-19-17(20-12(16)2)15-8-7-13-5-3-4-6-14(13)9-15/h3-11H,18H2,1-2H3. The van der Waals surface area contributed by atoms with Crippen LogP contribution in [0, 0.1) is 6.92 Å². The molecule has 3 heteroatoms. The van der Waals surface area contributed by atoms with E-state index in [0.717, 1.165) is 22.6 Å². The monoisotopic (exact) mass is 263 g/mol. The van der Waals surface area contributed by atoms with E-state index in [4.69, 9.17) is 5.73 Å². The minimum atomic E-state index is -0.0411. The summed E-state index contributed by atoms with van der Waals surface area (Å²) >= 11 is 0. The SMILES string of the molecule is Cc1nc(-c2ccc3ccccc3c2)ncc1C(C)N. The molecule has 0 spiro atoms. The highest BCUT2D eigenvalue weighted by atomic mass is 14.9. The highest BCUT2D eigenvalue weighted by molar-refractivity contribution is 5.86. The van der Waals surface area contributed by atoms with E-state index in [1.54, 1.807) is 0 Å². The van der Waals surface area contributed by atoms with Gasteiger partial charge in [-0.3, -0.25) is 0 Å². The Morgan fingerprint density at radius 2 is 1.80 bits per heavy atom. The highest BCUT2D eigenvalue weighted by Crippen LogP contribution is 2.23. The first-order valence-corrected chi connectivity index (χ1v) is 6.73. The smallest absolute Gasteiger partial charge is 0.159 e. The molecule has 3 rings (SSSR count). The number of aromatic nitrogens is 2. The summed E-state index contributed by atoms with van der Waals surface area (Å²) in [5, 5.41) is 2.42. The summed E-state index contributed by atoms with van der Waals surface area (Å²) in [7, 11) is 0. The van der Waals surface area contributed by atoms with E-state index in [1.807, 2.05) is 32.2 Å². The minimum absolute atomic E-state index is 0.0411. The van der Waals surface area contributed by atoms with Gasteiger partial charge in [0.1, 0.15) is 0 Å². The molecular formula is C17H17N3. The van der Waals surface area contributed by atoms with Crippen LogP contribution in [0.15, 0.2) is 48.7 Å². The molecule has 1 atom stereocenters. The second-order valence-corrected chi connectivity index (χ2v) is 5.08. The number of hydrogen-bond acceptors (Lipinski definition) is 3. The Kier molecular flexibility index (Phi) is 3.20. The Bertz CT molecular complexity index is 763. The molecular weight excluding hydrogens is 246 g/mol. The molecule has 3 aromatic rings. The van der Waals surface area contributed by atoms with Crippen molar-refractivity contribution in [3.8, 4) is 11.4 Å². The largest absolute Gasteiger partial charge is 0.324 e. The summed E-state index contributed by atoms with van der Waals surface area (Å²) in [5.74, 6) is 0.748. The lowest BCUT2D eigenvalue weighted by molar-refractivity contribution is 0.790. The zero-order chi connectivity index (χ0) is 14.1. The molecule has 2 N–H and O–H groups in total. The van der Waals surface area contributed by atoms with Gasteiger partial charge in [-0.15, -0.1) is 0 Å². The van der Waals surface area contributed by atoms with Crippen LogP contribution in [0.3, 0.4) is 0 Å².